The summed E-state index contributed by atoms with van der Waals surface area (Å²) in [5, 5.41) is 6.55. The number of likely N-dealkylation sites (tertiary alicyclic amines) is 1. The normalized spacial score (nSPS) is 14.8. The number of piperidine rings is 1. The fourth-order valence-electron chi connectivity index (χ4n) is 2.38. The van der Waals surface area contributed by atoms with Gasteiger partial charge >= 0.3 is 0 Å². The van der Waals surface area contributed by atoms with Crippen molar-refractivity contribution in [3.63, 3.8) is 0 Å². The monoisotopic (exact) mass is 315 g/mol. The Morgan fingerprint density at radius 3 is 2.91 bits per heavy atom. The molecule has 2 aromatic rings. The number of rotatable bonds is 5. The lowest BCUT2D eigenvalue weighted by molar-refractivity contribution is -0.137. The smallest absolute Gasteiger partial charge is 0.246 e. The van der Waals surface area contributed by atoms with E-state index < -0.39 is 0 Å². The van der Waals surface area contributed by atoms with Gasteiger partial charge in [0.25, 0.3) is 0 Å². The Kier molecular flexibility index (Phi) is 4.60. The first-order valence-electron chi connectivity index (χ1n) is 7.50. The topological polar surface area (TPSA) is 101 Å². The Hall–Kier alpha value is -2.77. The molecule has 23 heavy (non-hydrogen) atoms. The minimum absolute atomic E-state index is 0.0316. The van der Waals surface area contributed by atoms with E-state index in [1.165, 1.54) is 0 Å². The SMILES string of the molecule is O=C(CN1CCCCC1=O)NCc1nc(-c2ccncc2)no1. The van der Waals surface area contributed by atoms with Gasteiger partial charge in [0, 0.05) is 30.9 Å². The van der Waals surface area contributed by atoms with Crippen LogP contribution in [0.4, 0.5) is 0 Å². The second kappa shape index (κ2) is 6.99. The molecule has 8 nitrogen and oxygen atoms in total. The number of hydrogen-bond acceptors (Lipinski definition) is 6. The van der Waals surface area contributed by atoms with Crippen LogP contribution >= 0.6 is 0 Å². The summed E-state index contributed by atoms with van der Waals surface area (Å²) >= 11 is 0. The van der Waals surface area contributed by atoms with Crippen LogP contribution in [-0.2, 0) is 16.1 Å². The minimum Gasteiger partial charge on any atom is -0.345 e. The van der Waals surface area contributed by atoms with Crippen molar-refractivity contribution in [2.24, 2.45) is 0 Å². The zero-order valence-electron chi connectivity index (χ0n) is 12.6. The predicted octanol–water partition coefficient (Wildman–Crippen LogP) is 0.760. The van der Waals surface area contributed by atoms with Gasteiger partial charge in [-0.25, -0.2) is 0 Å². The zero-order valence-corrected chi connectivity index (χ0v) is 12.6. The second-order valence-electron chi connectivity index (χ2n) is 5.30. The van der Waals surface area contributed by atoms with E-state index in [0.717, 1.165) is 18.4 Å². The second-order valence-corrected chi connectivity index (χ2v) is 5.30. The third kappa shape index (κ3) is 3.91. The van der Waals surface area contributed by atoms with Crippen molar-refractivity contribution in [1.29, 1.82) is 0 Å². The fourth-order valence-corrected chi connectivity index (χ4v) is 2.38. The Morgan fingerprint density at radius 2 is 2.13 bits per heavy atom. The van der Waals surface area contributed by atoms with Crippen molar-refractivity contribution in [3.8, 4) is 11.4 Å². The molecule has 0 atom stereocenters. The first kappa shape index (κ1) is 15.1. The molecular formula is C15H17N5O3. The maximum Gasteiger partial charge on any atom is 0.246 e. The van der Waals surface area contributed by atoms with Crippen LogP contribution in [0.5, 0.6) is 0 Å². The summed E-state index contributed by atoms with van der Waals surface area (Å²) in [7, 11) is 0. The van der Waals surface area contributed by atoms with Crippen molar-refractivity contribution >= 4 is 11.8 Å². The lowest BCUT2D eigenvalue weighted by Gasteiger charge is -2.25. The molecule has 1 saturated heterocycles. The molecule has 8 heteroatoms. The van der Waals surface area contributed by atoms with Gasteiger partial charge in [0.05, 0.1) is 13.1 Å². The van der Waals surface area contributed by atoms with Crippen molar-refractivity contribution in [2.75, 3.05) is 13.1 Å². The van der Waals surface area contributed by atoms with Crippen molar-refractivity contribution in [3.05, 3.63) is 30.4 Å². The summed E-state index contributed by atoms with van der Waals surface area (Å²) < 4.78 is 5.10. The molecule has 3 rings (SSSR count). The maximum atomic E-state index is 11.9. The average molecular weight is 315 g/mol. The van der Waals surface area contributed by atoms with Crippen LogP contribution in [0.1, 0.15) is 25.2 Å². The van der Waals surface area contributed by atoms with Crippen LogP contribution in [0.15, 0.2) is 29.0 Å². The van der Waals surface area contributed by atoms with E-state index in [9.17, 15) is 9.59 Å². The van der Waals surface area contributed by atoms with E-state index in [1.807, 2.05) is 0 Å². The van der Waals surface area contributed by atoms with Crippen molar-refractivity contribution in [1.82, 2.24) is 25.3 Å². The highest BCUT2D eigenvalue weighted by Crippen LogP contribution is 2.14. The third-order valence-electron chi connectivity index (χ3n) is 3.60. The van der Waals surface area contributed by atoms with Crippen LogP contribution in [0.3, 0.4) is 0 Å². The molecule has 0 radical (unpaired) electrons. The van der Waals surface area contributed by atoms with Gasteiger partial charge in [0.15, 0.2) is 0 Å². The van der Waals surface area contributed by atoms with Gasteiger partial charge < -0.3 is 14.7 Å². The standard InChI is InChI=1S/C15H17N5O3/c21-12(10-20-8-2-1-3-14(20)22)17-9-13-18-15(19-23-13)11-4-6-16-7-5-11/h4-7H,1-3,8-10H2,(H,17,21). The number of nitrogens with zero attached hydrogens (tertiary/aromatic N) is 4. The molecule has 1 aliphatic rings. The molecule has 1 fully saturated rings. The molecule has 0 aromatic carbocycles. The average Bonchev–Trinajstić information content (AvgIpc) is 3.05. The number of carbonyl (C=O) groups is 2. The van der Waals surface area contributed by atoms with Crippen LogP contribution in [0.25, 0.3) is 11.4 Å². The Balaban J connectivity index is 1.51. The molecule has 1 aliphatic heterocycles. The summed E-state index contributed by atoms with van der Waals surface area (Å²) in [5.74, 6) is 0.561. The summed E-state index contributed by atoms with van der Waals surface area (Å²) in [6, 6.07) is 3.55. The predicted molar refractivity (Wildman–Crippen MR) is 79.8 cm³/mol. The molecule has 2 aromatic heterocycles. The van der Waals surface area contributed by atoms with Crippen LogP contribution in [0.2, 0.25) is 0 Å². The van der Waals surface area contributed by atoms with Crippen molar-refractivity contribution in [2.45, 2.75) is 25.8 Å². The highest BCUT2D eigenvalue weighted by atomic mass is 16.5. The van der Waals surface area contributed by atoms with E-state index in [1.54, 1.807) is 29.4 Å². The molecule has 0 spiro atoms. The Morgan fingerprint density at radius 1 is 1.30 bits per heavy atom. The zero-order chi connectivity index (χ0) is 16.1. The molecule has 0 bridgehead atoms. The molecule has 1 N–H and O–H groups in total. The van der Waals surface area contributed by atoms with Crippen molar-refractivity contribution < 1.29 is 14.1 Å². The van der Waals surface area contributed by atoms with Gasteiger partial charge in [0.2, 0.25) is 23.5 Å². The third-order valence-corrected chi connectivity index (χ3v) is 3.60. The quantitative estimate of drug-likeness (QED) is 0.874. The Labute approximate surface area is 132 Å². The van der Waals surface area contributed by atoms with Crippen LogP contribution in [-0.4, -0.2) is 44.9 Å². The lowest BCUT2D eigenvalue weighted by Crippen LogP contribution is -2.42. The van der Waals surface area contributed by atoms with E-state index >= 15 is 0 Å². The molecule has 3 heterocycles. The molecule has 120 valence electrons. The molecule has 0 unspecified atom stereocenters. The van der Waals surface area contributed by atoms with Gasteiger partial charge in [0.1, 0.15) is 0 Å². The fraction of sp³-hybridized carbons (Fsp3) is 0.400. The largest absolute Gasteiger partial charge is 0.345 e. The van der Waals surface area contributed by atoms with E-state index in [-0.39, 0.29) is 24.9 Å². The van der Waals surface area contributed by atoms with Gasteiger partial charge in [-0.15, -0.1) is 0 Å². The maximum absolute atomic E-state index is 11.9. The molecule has 0 saturated carbocycles. The summed E-state index contributed by atoms with van der Waals surface area (Å²) in [6.45, 7) is 0.849. The van der Waals surface area contributed by atoms with Crippen LogP contribution < -0.4 is 5.32 Å². The number of carbonyl (C=O) groups excluding carboxylic acids is 2. The Bertz CT molecular complexity index is 685. The van der Waals surface area contributed by atoms with Gasteiger partial charge in [-0.2, -0.15) is 4.98 Å². The van der Waals surface area contributed by atoms with E-state index in [2.05, 4.69) is 20.4 Å². The number of hydrogen-bond donors (Lipinski definition) is 1. The van der Waals surface area contributed by atoms with Gasteiger partial charge in [-0.3, -0.25) is 14.6 Å². The molecule has 2 amide bonds. The van der Waals surface area contributed by atoms with E-state index in [0.29, 0.717) is 24.7 Å². The number of pyridine rings is 1. The molecule has 0 aliphatic carbocycles. The number of amides is 2. The summed E-state index contributed by atoms with van der Waals surface area (Å²) in [4.78, 5) is 33.3. The van der Waals surface area contributed by atoms with E-state index in [4.69, 9.17) is 4.52 Å². The summed E-state index contributed by atoms with van der Waals surface area (Å²) in [5.41, 5.74) is 0.792. The minimum atomic E-state index is -0.232. The molecular weight excluding hydrogens is 298 g/mol. The summed E-state index contributed by atoms with van der Waals surface area (Å²) in [6.07, 6.45) is 5.65. The van der Waals surface area contributed by atoms with Crippen LogP contribution in [0, 0.1) is 0 Å². The highest BCUT2D eigenvalue weighted by molar-refractivity contribution is 5.85. The number of aromatic nitrogens is 3. The van der Waals surface area contributed by atoms with Gasteiger partial charge in [-0.05, 0) is 25.0 Å². The number of nitrogens with one attached hydrogen (secondary N) is 1. The van der Waals surface area contributed by atoms with Gasteiger partial charge in [-0.1, -0.05) is 5.16 Å². The first-order valence-corrected chi connectivity index (χ1v) is 7.50. The first-order chi connectivity index (χ1) is 11.2. The lowest BCUT2D eigenvalue weighted by atomic mass is 10.1. The highest BCUT2D eigenvalue weighted by Gasteiger charge is 2.20.